The molecule has 1 unspecified atom stereocenters. The number of nitrogens with zero attached hydrogens (tertiary/aromatic N) is 5. The second-order valence-corrected chi connectivity index (χ2v) is 13.6. The molecule has 0 aliphatic carbocycles. The largest absolute Gasteiger partial charge is 0.461 e. The normalized spacial score (nSPS) is 22.7. The van der Waals surface area contributed by atoms with Gasteiger partial charge in [0, 0.05) is 53.5 Å². The second-order valence-electron chi connectivity index (χ2n) is 11.7. The number of nitrogens with two attached hydrogens (primary N) is 1. The zero-order chi connectivity index (χ0) is 29.9. The van der Waals surface area contributed by atoms with E-state index < -0.39 is 12.0 Å². The number of thiophene rings is 1. The van der Waals surface area contributed by atoms with Gasteiger partial charge in [-0.05, 0) is 56.0 Å². The maximum absolute atomic E-state index is 14.9. The molecule has 7 rings (SSSR count). The molecule has 3 aliphatic rings. The number of fused-ring (bicyclic) bond motifs is 3. The van der Waals surface area contributed by atoms with Gasteiger partial charge in [-0.2, -0.15) is 15.2 Å². The molecule has 3 fully saturated rings. The Hall–Kier alpha value is -3.11. The van der Waals surface area contributed by atoms with Crippen molar-refractivity contribution < 1.29 is 18.3 Å². The van der Waals surface area contributed by atoms with Crippen molar-refractivity contribution in [1.82, 2.24) is 14.9 Å². The standard InChI is InChI=1S/C31H31BrF2N6O2S/c1-17-24(19-4-5-23(34)27-25(19)21(14-35)28(36)43-27)22(32)12-20-26(17)37-30(38-29(20)39-7-3-10-41-11-9-39)42-16-31-6-2-8-40(31)15-18(33)13-31/h4-5,12,18H,2-3,6-11,13,15-16,36H2,1H3/t18-,31?/m1/s1. The van der Waals surface area contributed by atoms with Gasteiger partial charge in [-0.25, -0.2) is 8.78 Å². The smallest absolute Gasteiger partial charge is 0.319 e. The lowest BCUT2D eigenvalue weighted by Crippen LogP contribution is -2.43. The molecule has 2 N–H and O–H groups in total. The highest BCUT2D eigenvalue weighted by atomic mass is 79.9. The fourth-order valence-corrected chi connectivity index (χ4v) is 8.79. The van der Waals surface area contributed by atoms with Gasteiger partial charge in [0.05, 0.1) is 27.9 Å². The Kier molecular flexibility index (Phi) is 7.40. The van der Waals surface area contributed by atoms with Gasteiger partial charge in [0.1, 0.15) is 35.5 Å². The van der Waals surface area contributed by atoms with Crippen LogP contribution in [0.1, 0.15) is 36.8 Å². The summed E-state index contributed by atoms with van der Waals surface area (Å²) < 4.78 is 42.6. The molecule has 2 atom stereocenters. The van der Waals surface area contributed by atoms with E-state index >= 15 is 0 Å². The third kappa shape index (κ3) is 4.81. The molecule has 8 nitrogen and oxygen atoms in total. The summed E-state index contributed by atoms with van der Waals surface area (Å²) in [6, 6.07) is 7.51. The van der Waals surface area contributed by atoms with Crippen molar-refractivity contribution in [1.29, 1.82) is 5.26 Å². The lowest BCUT2D eigenvalue weighted by Gasteiger charge is -2.31. The third-order valence-electron chi connectivity index (χ3n) is 9.10. The minimum absolute atomic E-state index is 0.245. The number of aromatic nitrogens is 2. The van der Waals surface area contributed by atoms with Crippen LogP contribution in [0.5, 0.6) is 6.01 Å². The summed E-state index contributed by atoms with van der Waals surface area (Å²) in [7, 11) is 0. The summed E-state index contributed by atoms with van der Waals surface area (Å²) in [5, 5.41) is 11.5. The number of anilines is 2. The average Bonchev–Trinajstić information content (AvgIpc) is 3.53. The highest BCUT2D eigenvalue weighted by molar-refractivity contribution is 9.10. The summed E-state index contributed by atoms with van der Waals surface area (Å²) in [5.41, 5.74) is 9.09. The predicted molar refractivity (Wildman–Crippen MR) is 168 cm³/mol. The van der Waals surface area contributed by atoms with Crippen LogP contribution >= 0.6 is 27.3 Å². The molecule has 43 heavy (non-hydrogen) atoms. The summed E-state index contributed by atoms with van der Waals surface area (Å²) in [5.74, 6) is 0.330. The first-order chi connectivity index (χ1) is 20.8. The van der Waals surface area contributed by atoms with E-state index in [1.54, 1.807) is 6.07 Å². The van der Waals surface area contributed by atoms with Crippen LogP contribution in [-0.4, -0.2) is 72.6 Å². The van der Waals surface area contributed by atoms with Crippen molar-refractivity contribution in [3.63, 3.8) is 0 Å². The van der Waals surface area contributed by atoms with E-state index in [4.69, 9.17) is 25.2 Å². The first kappa shape index (κ1) is 28.6. The molecule has 12 heteroatoms. The van der Waals surface area contributed by atoms with E-state index in [1.165, 1.54) is 6.07 Å². The highest BCUT2D eigenvalue weighted by Crippen LogP contribution is 2.46. The summed E-state index contributed by atoms with van der Waals surface area (Å²) >= 11 is 4.87. The van der Waals surface area contributed by atoms with E-state index in [9.17, 15) is 14.0 Å². The molecule has 0 bridgehead atoms. The number of hydrogen-bond donors (Lipinski definition) is 1. The van der Waals surface area contributed by atoms with Crippen LogP contribution < -0.4 is 15.4 Å². The molecule has 4 aromatic rings. The maximum atomic E-state index is 14.9. The van der Waals surface area contributed by atoms with Crippen molar-refractivity contribution in [2.24, 2.45) is 0 Å². The molecule has 3 saturated heterocycles. The minimum atomic E-state index is -0.853. The number of rotatable bonds is 5. The number of hydrogen-bond acceptors (Lipinski definition) is 9. The molecule has 0 amide bonds. The quantitative estimate of drug-likeness (QED) is 0.262. The van der Waals surface area contributed by atoms with Gasteiger partial charge in [-0.15, -0.1) is 11.3 Å². The van der Waals surface area contributed by atoms with E-state index in [0.717, 1.165) is 70.5 Å². The fourth-order valence-electron chi connectivity index (χ4n) is 7.10. The number of nitriles is 1. The lowest BCUT2D eigenvalue weighted by molar-refractivity contribution is 0.107. The Balaban J connectivity index is 1.39. The number of aryl methyl sites for hydroxylation is 1. The summed E-state index contributed by atoms with van der Waals surface area (Å²) in [6.45, 7) is 6.32. The molecule has 3 aliphatic heterocycles. The molecule has 224 valence electrons. The van der Waals surface area contributed by atoms with Gasteiger partial charge in [0.25, 0.3) is 0 Å². The maximum Gasteiger partial charge on any atom is 0.319 e. The number of alkyl halides is 1. The minimum Gasteiger partial charge on any atom is -0.461 e. The molecule has 0 spiro atoms. The van der Waals surface area contributed by atoms with Crippen LogP contribution in [0.25, 0.3) is 32.1 Å². The number of nitrogen functional groups attached to an aromatic ring is 1. The monoisotopic (exact) mass is 668 g/mol. The molecule has 2 aromatic heterocycles. The summed E-state index contributed by atoms with van der Waals surface area (Å²) in [6.07, 6.45) is 2.37. The van der Waals surface area contributed by atoms with Crippen LogP contribution in [0.3, 0.4) is 0 Å². The van der Waals surface area contributed by atoms with Crippen LogP contribution in [0.4, 0.5) is 19.6 Å². The molecule has 5 heterocycles. The molecule has 2 aromatic carbocycles. The first-order valence-electron chi connectivity index (χ1n) is 14.6. The first-order valence-corrected chi connectivity index (χ1v) is 16.2. The predicted octanol–water partition coefficient (Wildman–Crippen LogP) is 6.36. The van der Waals surface area contributed by atoms with E-state index in [-0.39, 0.29) is 22.1 Å². The van der Waals surface area contributed by atoms with Crippen molar-refractivity contribution in [2.45, 2.75) is 44.3 Å². The van der Waals surface area contributed by atoms with Gasteiger partial charge < -0.3 is 20.1 Å². The Morgan fingerprint density at radius 3 is 2.95 bits per heavy atom. The Morgan fingerprint density at radius 1 is 1.26 bits per heavy atom. The average molecular weight is 670 g/mol. The number of halogens is 3. The summed E-state index contributed by atoms with van der Waals surface area (Å²) in [4.78, 5) is 14.3. The third-order valence-corrected chi connectivity index (χ3v) is 10.7. The van der Waals surface area contributed by atoms with Crippen LogP contribution in [0, 0.1) is 24.1 Å². The van der Waals surface area contributed by atoms with E-state index in [1.807, 2.05) is 13.0 Å². The Morgan fingerprint density at radius 2 is 2.12 bits per heavy atom. The number of benzene rings is 2. The van der Waals surface area contributed by atoms with Gasteiger partial charge in [0.15, 0.2) is 0 Å². The molecular formula is C31H31BrF2N6O2S. The topological polar surface area (TPSA) is 101 Å². The van der Waals surface area contributed by atoms with Crippen molar-refractivity contribution >= 4 is 59.1 Å². The molecule has 0 radical (unpaired) electrons. The second kappa shape index (κ2) is 11.1. The van der Waals surface area contributed by atoms with Crippen molar-refractivity contribution in [3.05, 3.63) is 39.6 Å². The fraction of sp³-hybridized carbons (Fsp3) is 0.452. The Labute approximate surface area is 260 Å². The van der Waals surface area contributed by atoms with Crippen molar-refractivity contribution in [2.75, 3.05) is 56.6 Å². The zero-order valence-corrected chi connectivity index (χ0v) is 26.2. The van der Waals surface area contributed by atoms with Crippen LogP contribution in [0.2, 0.25) is 0 Å². The van der Waals surface area contributed by atoms with E-state index in [0.29, 0.717) is 60.5 Å². The highest BCUT2D eigenvalue weighted by Gasteiger charge is 2.49. The van der Waals surface area contributed by atoms with Gasteiger partial charge in [0.2, 0.25) is 0 Å². The molecule has 0 saturated carbocycles. The van der Waals surface area contributed by atoms with Crippen molar-refractivity contribution in [3.8, 4) is 23.2 Å². The van der Waals surface area contributed by atoms with Gasteiger partial charge >= 0.3 is 6.01 Å². The van der Waals surface area contributed by atoms with E-state index in [2.05, 4.69) is 31.8 Å². The molecular weight excluding hydrogens is 638 g/mol. The Bertz CT molecular complexity index is 1790. The van der Waals surface area contributed by atoms with Gasteiger partial charge in [-0.3, -0.25) is 4.90 Å². The van der Waals surface area contributed by atoms with Gasteiger partial charge in [-0.1, -0.05) is 22.0 Å². The van der Waals surface area contributed by atoms with Crippen LogP contribution in [-0.2, 0) is 4.74 Å². The zero-order valence-electron chi connectivity index (χ0n) is 23.8. The van der Waals surface area contributed by atoms with Crippen LogP contribution in [0.15, 0.2) is 22.7 Å². The SMILES string of the molecule is Cc1c(-c2ccc(F)c3sc(N)c(C#N)c23)c(Br)cc2c(N3CCCOCC3)nc(OCC34CCCN3C[C@H](F)C4)nc12. The lowest BCUT2D eigenvalue weighted by atomic mass is 9.94. The number of ether oxygens (including phenoxy) is 2.